The van der Waals surface area contributed by atoms with Crippen molar-refractivity contribution in [2.75, 3.05) is 19.7 Å². The number of amides is 1. The molecule has 0 bridgehead atoms. The second-order valence-corrected chi connectivity index (χ2v) is 13.9. The van der Waals surface area contributed by atoms with Crippen LogP contribution in [0.2, 0.25) is 0 Å². The fraction of sp³-hybridized carbons (Fsp3) is 0.421. The summed E-state index contributed by atoms with van der Waals surface area (Å²) in [6.07, 6.45) is 1.55. The van der Waals surface area contributed by atoms with E-state index in [0.29, 0.717) is 70.8 Å². The first-order valence-corrected chi connectivity index (χ1v) is 16.4. The number of hydrogen-bond donors (Lipinski definition) is 1. The first kappa shape index (κ1) is 33.2. The molecule has 2 aliphatic heterocycles. The molecule has 1 atom stereocenters. The Bertz CT molecular complexity index is 1960. The molecule has 1 amide bonds. The summed E-state index contributed by atoms with van der Waals surface area (Å²) in [6, 6.07) is 13.0. The maximum atomic E-state index is 15.7. The molecule has 9 nitrogen and oxygen atoms in total. The predicted octanol–water partition coefficient (Wildman–Crippen LogP) is 7.15. The topological polar surface area (TPSA) is 118 Å². The zero-order valence-electron chi connectivity index (χ0n) is 28.3. The molecular weight excluding hydrogens is 611 g/mol. The Hall–Kier alpha value is -4.75. The summed E-state index contributed by atoms with van der Waals surface area (Å²) in [6.45, 7) is 10.5. The third-order valence-electron chi connectivity index (χ3n) is 9.58. The first-order chi connectivity index (χ1) is 22.8. The molecule has 48 heavy (non-hydrogen) atoms. The van der Waals surface area contributed by atoms with Gasteiger partial charge in [-0.3, -0.25) is 4.79 Å². The number of hydrogen-bond acceptors (Lipinski definition) is 6. The SMILES string of the molecule is Cc1nc2c(cc(C(=O)N3CCC(c4ccc(C#N)cc4)CC3)n2C)c(-c2cc(F)c3c(c2C)CCCO3)c1[C@H](OC(C)(C)C)C(=O)O. The highest BCUT2D eigenvalue weighted by Crippen LogP contribution is 2.45. The Balaban J connectivity index is 1.47. The molecule has 250 valence electrons. The second kappa shape index (κ2) is 12.7. The lowest BCUT2D eigenvalue weighted by Gasteiger charge is -2.32. The second-order valence-electron chi connectivity index (χ2n) is 13.9. The number of piperidine rings is 1. The Labute approximate surface area is 279 Å². The number of aliphatic carboxylic acids is 1. The van der Waals surface area contributed by atoms with Crippen molar-refractivity contribution < 1.29 is 28.6 Å². The minimum absolute atomic E-state index is 0.151. The van der Waals surface area contributed by atoms with E-state index in [2.05, 4.69) is 6.07 Å². The van der Waals surface area contributed by atoms with Crippen molar-refractivity contribution in [2.24, 2.45) is 7.05 Å². The van der Waals surface area contributed by atoms with E-state index in [4.69, 9.17) is 19.7 Å². The van der Waals surface area contributed by atoms with E-state index in [-0.39, 0.29) is 17.6 Å². The largest absolute Gasteiger partial charge is 0.490 e. The average Bonchev–Trinajstić information content (AvgIpc) is 3.39. The molecule has 4 heterocycles. The van der Waals surface area contributed by atoms with Crippen LogP contribution in [0.5, 0.6) is 5.75 Å². The number of nitrogens with zero attached hydrogens (tertiary/aromatic N) is 4. The minimum Gasteiger partial charge on any atom is -0.490 e. The average molecular weight is 653 g/mol. The number of nitriles is 1. The van der Waals surface area contributed by atoms with Crippen molar-refractivity contribution in [2.45, 2.75) is 77.9 Å². The van der Waals surface area contributed by atoms with Crippen molar-refractivity contribution in [3.63, 3.8) is 0 Å². The molecule has 1 N–H and O–H groups in total. The van der Waals surface area contributed by atoms with Gasteiger partial charge in [-0.1, -0.05) is 12.1 Å². The zero-order valence-corrected chi connectivity index (χ0v) is 28.3. The van der Waals surface area contributed by atoms with E-state index in [0.717, 1.165) is 36.0 Å². The van der Waals surface area contributed by atoms with E-state index >= 15 is 4.39 Å². The number of ether oxygens (including phenoxy) is 2. The van der Waals surface area contributed by atoms with Gasteiger partial charge >= 0.3 is 5.97 Å². The highest BCUT2D eigenvalue weighted by Gasteiger charge is 2.35. The van der Waals surface area contributed by atoms with Gasteiger partial charge in [0.15, 0.2) is 17.7 Å². The molecular formula is C38H41FN4O5. The van der Waals surface area contributed by atoms with Gasteiger partial charge in [0.25, 0.3) is 5.91 Å². The van der Waals surface area contributed by atoms with Crippen LogP contribution in [0.3, 0.4) is 0 Å². The van der Waals surface area contributed by atoms with Gasteiger partial charge in [0, 0.05) is 47.9 Å². The first-order valence-electron chi connectivity index (χ1n) is 16.4. The fourth-order valence-electron chi connectivity index (χ4n) is 7.18. The molecule has 0 unspecified atom stereocenters. The number of carboxylic acids is 1. The molecule has 0 aliphatic carbocycles. The smallest absolute Gasteiger partial charge is 0.337 e. The van der Waals surface area contributed by atoms with Crippen molar-refractivity contribution in [1.29, 1.82) is 5.26 Å². The summed E-state index contributed by atoms with van der Waals surface area (Å²) >= 11 is 0. The Morgan fingerprint density at radius 1 is 1.15 bits per heavy atom. The highest BCUT2D eigenvalue weighted by molar-refractivity contribution is 6.04. The van der Waals surface area contributed by atoms with Crippen LogP contribution in [0.1, 0.15) is 96.1 Å². The third kappa shape index (κ3) is 6.03. The van der Waals surface area contributed by atoms with Gasteiger partial charge in [0.05, 0.1) is 23.8 Å². The van der Waals surface area contributed by atoms with Crippen molar-refractivity contribution in [3.8, 4) is 22.9 Å². The van der Waals surface area contributed by atoms with Crippen LogP contribution in [0.25, 0.3) is 22.2 Å². The molecule has 2 aromatic heterocycles. The minimum atomic E-state index is -1.40. The summed E-state index contributed by atoms with van der Waals surface area (Å²) in [5, 5.41) is 20.2. The normalized spacial score (nSPS) is 15.9. The molecule has 2 aliphatic rings. The van der Waals surface area contributed by atoms with Gasteiger partial charge in [-0.15, -0.1) is 0 Å². The Kier molecular flexibility index (Phi) is 8.77. The van der Waals surface area contributed by atoms with Gasteiger partial charge in [-0.25, -0.2) is 14.2 Å². The standard InChI is InChI=1S/C38H41FN4O5/c1-21-26-8-7-17-47-33(26)29(39)18-27(21)32-28-19-30(36(44)43-15-13-25(14-16-43)24-11-9-23(20-40)10-12-24)42(6)35(28)41-22(2)31(32)34(37(45)46)48-38(3,4)5/h9-12,18-19,25,34H,7-8,13-17H2,1-6H3,(H,45,46)/t34-/m0/s1. The number of pyridine rings is 1. The summed E-state index contributed by atoms with van der Waals surface area (Å²) in [4.78, 5) is 33.7. The molecule has 0 saturated carbocycles. The van der Waals surface area contributed by atoms with E-state index in [9.17, 15) is 14.7 Å². The number of carbonyl (C=O) groups excluding carboxylic acids is 1. The molecule has 10 heteroatoms. The number of rotatable bonds is 6. The summed E-state index contributed by atoms with van der Waals surface area (Å²) in [7, 11) is 1.78. The number of benzene rings is 2. The summed E-state index contributed by atoms with van der Waals surface area (Å²) < 4.78 is 29.3. The van der Waals surface area contributed by atoms with E-state index < -0.39 is 23.5 Å². The van der Waals surface area contributed by atoms with Gasteiger partial charge in [0.1, 0.15) is 11.3 Å². The maximum absolute atomic E-state index is 15.7. The third-order valence-corrected chi connectivity index (χ3v) is 9.58. The molecule has 0 spiro atoms. The number of likely N-dealkylation sites (tertiary alicyclic amines) is 1. The number of carbonyl (C=O) groups is 2. The van der Waals surface area contributed by atoms with E-state index in [1.165, 1.54) is 6.07 Å². The molecule has 1 saturated heterocycles. The van der Waals surface area contributed by atoms with Gasteiger partial charge < -0.3 is 24.0 Å². The molecule has 0 radical (unpaired) electrons. The van der Waals surface area contributed by atoms with Crippen LogP contribution < -0.4 is 4.74 Å². The monoisotopic (exact) mass is 652 g/mol. The quantitative estimate of drug-likeness (QED) is 0.235. The van der Waals surface area contributed by atoms with Crippen LogP contribution in [0.15, 0.2) is 36.4 Å². The highest BCUT2D eigenvalue weighted by atomic mass is 19.1. The maximum Gasteiger partial charge on any atom is 0.337 e. The van der Waals surface area contributed by atoms with Crippen LogP contribution in [0.4, 0.5) is 4.39 Å². The lowest BCUT2D eigenvalue weighted by atomic mass is 9.86. The van der Waals surface area contributed by atoms with Crippen LogP contribution in [-0.4, -0.2) is 56.7 Å². The van der Waals surface area contributed by atoms with Crippen LogP contribution >= 0.6 is 0 Å². The summed E-state index contributed by atoms with van der Waals surface area (Å²) in [5.41, 5.74) is 5.20. The Morgan fingerprint density at radius 3 is 2.46 bits per heavy atom. The number of fused-ring (bicyclic) bond motifs is 2. The van der Waals surface area contributed by atoms with Crippen LogP contribution in [-0.2, 0) is 23.0 Å². The molecule has 4 aromatic rings. The van der Waals surface area contributed by atoms with Crippen LogP contribution in [0, 0.1) is 31.0 Å². The van der Waals surface area contributed by atoms with Gasteiger partial charge in [0.2, 0.25) is 0 Å². The number of carboxylic acid groups (broad SMARTS) is 1. The molecule has 2 aromatic carbocycles. The van der Waals surface area contributed by atoms with Gasteiger partial charge in [-0.05, 0) is 107 Å². The predicted molar refractivity (Wildman–Crippen MR) is 180 cm³/mol. The van der Waals surface area contributed by atoms with Gasteiger partial charge in [-0.2, -0.15) is 5.26 Å². The molecule has 1 fully saturated rings. The Morgan fingerprint density at radius 2 is 1.83 bits per heavy atom. The number of aryl methyl sites for hydroxylation is 2. The number of aromatic nitrogens is 2. The molecule has 6 rings (SSSR count). The fourth-order valence-corrected chi connectivity index (χ4v) is 7.18. The van der Waals surface area contributed by atoms with Crippen molar-refractivity contribution in [1.82, 2.24) is 14.5 Å². The van der Waals surface area contributed by atoms with Crippen molar-refractivity contribution in [3.05, 3.63) is 81.4 Å². The lowest BCUT2D eigenvalue weighted by molar-refractivity contribution is -0.160. The lowest BCUT2D eigenvalue weighted by Crippen LogP contribution is -2.38. The van der Waals surface area contributed by atoms with E-state index in [1.54, 1.807) is 45.4 Å². The van der Waals surface area contributed by atoms with E-state index in [1.807, 2.05) is 36.1 Å². The summed E-state index contributed by atoms with van der Waals surface area (Å²) in [5.74, 6) is -1.33. The van der Waals surface area contributed by atoms with Crippen molar-refractivity contribution >= 4 is 22.9 Å². The zero-order chi connectivity index (χ0) is 34.5. The number of halogens is 1.